The molecule has 0 atom stereocenters. The van der Waals surface area contributed by atoms with E-state index in [1.165, 1.54) is 17.7 Å². The van der Waals surface area contributed by atoms with Crippen LogP contribution in [0.15, 0.2) is 6.33 Å². The van der Waals surface area contributed by atoms with E-state index in [0.717, 1.165) is 15.5 Å². The number of hydrogen-bond donors (Lipinski definition) is 1. The van der Waals surface area contributed by atoms with Gasteiger partial charge in [0.1, 0.15) is 6.33 Å². The molecule has 0 fully saturated rings. The molecule has 11 heavy (non-hydrogen) atoms. The van der Waals surface area contributed by atoms with Crippen LogP contribution in [0.25, 0.3) is 4.96 Å². The van der Waals surface area contributed by atoms with Crippen LogP contribution < -0.4 is 0 Å². The van der Waals surface area contributed by atoms with Gasteiger partial charge >= 0.3 is 0 Å². The Morgan fingerprint density at radius 2 is 2.55 bits per heavy atom. The van der Waals surface area contributed by atoms with Gasteiger partial charge in [0.25, 0.3) is 0 Å². The van der Waals surface area contributed by atoms with Crippen LogP contribution in [0.1, 0.15) is 10.6 Å². The Kier molecular flexibility index (Phi) is 1.40. The third kappa shape index (κ3) is 0.849. The molecule has 2 aromatic rings. The molecule has 0 aromatic carbocycles. The van der Waals surface area contributed by atoms with E-state index in [4.69, 9.17) is 5.11 Å². The number of thiazole rings is 1. The number of aromatic nitrogens is 3. The molecule has 2 heterocycles. The van der Waals surface area contributed by atoms with Crippen LogP contribution in [-0.2, 0) is 6.61 Å². The highest BCUT2D eigenvalue weighted by Gasteiger charge is 2.07. The van der Waals surface area contributed by atoms with E-state index in [1.807, 2.05) is 6.92 Å². The molecule has 0 aliphatic heterocycles. The fourth-order valence-electron chi connectivity index (χ4n) is 0.979. The summed E-state index contributed by atoms with van der Waals surface area (Å²) in [7, 11) is 0. The molecule has 0 amide bonds. The predicted molar refractivity (Wildman–Crippen MR) is 41.5 cm³/mol. The fourth-order valence-corrected chi connectivity index (χ4v) is 1.87. The standard InChI is InChI=1S/C6H7N3OS/c1-4-5(2-10)11-6-7-3-8-9(4)6/h3,10H,2H2,1H3. The lowest BCUT2D eigenvalue weighted by molar-refractivity contribution is 0.284. The van der Waals surface area contributed by atoms with Crippen LogP contribution in [0.2, 0.25) is 0 Å². The van der Waals surface area contributed by atoms with Crippen LogP contribution in [0.4, 0.5) is 0 Å². The first kappa shape index (κ1) is 6.75. The maximum atomic E-state index is 8.88. The Hall–Kier alpha value is -0.940. The first-order chi connectivity index (χ1) is 5.33. The van der Waals surface area contributed by atoms with Crippen molar-refractivity contribution in [2.45, 2.75) is 13.5 Å². The molecule has 0 radical (unpaired) electrons. The van der Waals surface area contributed by atoms with Gasteiger partial charge in [0, 0.05) is 0 Å². The molecule has 2 aromatic heterocycles. The molecule has 0 spiro atoms. The van der Waals surface area contributed by atoms with Crippen molar-refractivity contribution in [1.82, 2.24) is 14.6 Å². The summed E-state index contributed by atoms with van der Waals surface area (Å²) in [6, 6.07) is 0. The second-order valence-electron chi connectivity index (χ2n) is 2.22. The number of hydrogen-bond acceptors (Lipinski definition) is 4. The van der Waals surface area contributed by atoms with Crippen molar-refractivity contribution in [1.29, 1.82) is 0 Å². The SMILES string of the molecule is Cc1c(CO)sc2ncnn12. The van der Waals surface area contributed by atoms with Crippen molar-refractivity contribution in [3.63, 3.8) is 0 Å². The molecule has 2 rings (SSSR count). The first-order valence-corrected chi connectivity index (χ1v) is 4.03. The van der Waals surface area contributed by atoms with Crippen molar-refractivity contribution < 1.29 is 5.11 Å². The summed E-state index contributed by atoms with van der Waals surface area (Å²) in [6.45, 7) is 1.99. The Balaban J connectivity index is 2.76. The number of rotatable bonds is 1. The monoisotopic (exact) mass is 169 g/mol. The van der Waals surface area contributed by atoms with Crippen LogP contribution in [-0.4, -0.2) is 19.7 Å². The summed E-state index contributed by atoms with van der Waals surface area (Å²) in [5, 5.41) is 12.9. The van der Waals surface area contributed by atoms with Crippen molar-refractivity contribution in [2.24, 2.45) is 0 Å². The molecule has 1 N–H and O–H groups in total. The van der Waals surface area contributed by atoms with Crippen LogP contribution in [0.3, 0.4) is 0 Å². The van der Waals surface area contributed by atoms with E-state index < -0.39 is 0 Å². The molecule has 0 saturated carbocycles. The number of fused-ring (bicyclic) bond motifs is 1. The zero-order chi connectivity index (χ0) is 7.84. The maximum absolute atomic E-state index is 8.88. The van der Waals surface area contributed by atoms with Crippen molar-refractivity contribution in [3.05, 3.63) is 16.9 Å². The highest BCUT2D eigenvalue weighted by Crippen LogP contribution is 2.19. The van der Waals surface area contributed by atoms with Gasteiger partial charge in [0.05, 0.1) is 17.2 Å². The summed E-state index contributed by atoms with van der Waals surface area (Å²) in [4.78, 5) is 5.78. The Morgan fingerprint density at radius 1 is 1.73 bits per heavy atom. The van der Waals surface area contributed by atoms with Gasteiger partial charge in [-0.2, -0.15) is 5.10 Å². The minimum Gasteiger partial charge on any atom is -0.391 e. The molecular weight excluding hydrogens is 162 g/mol. The van der Waals surface area contributed by atoms with Gasteiger partial charge in [-0.25, -0.2) is 9.50 Å². The van der Waals surface area contributed by atoms with Gasteiger partial charge in [-0.05, 0) is 6.92 Å². The molecule has 0 aliphatic rings. The zero-order valence-corrected chi connectivity index (χ0v) is 6.80. The van der Waals surface area contributed by atoms with E-state index in [1.54, 1.807) is 4.52 Å². The van der Waals surface area contributed by atoms with E-state index >= 15 is 0 Å². The largest absolute Gasteiger partial charge is 0.391 e. The lowest BCUT2D eigenvalue weighted by Gasteiger charge is -1.89. The second kappa shape index (κ2) is 2.28. The lowest BCUT2D eigenvalue weighted by Crippen LogP contribution is -1.89. The quantitative estimate of drug-likeness (QED) is 0.679. The molecule has 0 aliphatic carbocycles. The summed E-state index contributed by atoms with van der Waals surface area (Å²) < 4.78 is 1.73. The number of aryl methyl sites for hydroxylation is 1. The topological polar surface area (TPSA) is 50.4 Å². The van der Waals surface area contributed by atoms with Crippen molar-refractivity contribution in [2.75, 3.05) is 0 Å². The molecule has 58 valence electrons. The van der Waals surface area contributed by atoms with Gasteiger partial charge in [0.2, 0.25) is 4.96 Å². The smallest absolute Gasteiger partial charge is 0.212 e. The van der Waals surface area contributed by atoms with Crippen LogP contribution in [0.5, 0.6) is 0 Å². The third-order valence-corrected chi connectivity index (χ3v) is 2.73. The summed E-state index contributed by atoms with van der Waals surface area (Å²) in [5.41, 5.74) is 0.977. The average Bonchev–Trinajstić information content (AvgIpc) is 2.53. The van der Waals surface area contributed by atoms with Gasteiger partial charge < -0.3 is 5.11 Å². The average molecular weight is 169 g/mol. The van der Waals surface area contributed by atoms with Gasteiger partial charge in [-0.15, -0.1) is 0 Å². The molecular formula is C6H7N3OS. The minimum atomic E-state index is 0.0710. The highest BCUT2D eigenvalue weighted by atomic mass is 32.1. The summed E-state index contributed by atoms with van der Waals surface area (Å²) in [6.07, 6.45) is 1.51. The van der Waals surface area contributed by atoms with Gasteiger partial charge in [-0.1, -0.05) is 11.3 Å². The van der Waals surface area contributed by atoms with E-state index in [0.29, 0.717) is 0 Å². The third-order valence-electron chi connectivity index (χ3n) is 1.60. The molecule has 0 saturated heterocycles. The highest BCUT2D eigenvalue weighted by molar-refractivity contribution is 7.17. The molecule has 5 heteroatoms. The van der Waals surface area contributed by atoms with Crippen molar-refractivity contribution >= 4 is 16.3 Å². The lowest BCUT2D eigenvalue weighted by atomic mass is 10.4. The zero-order valence-electron chi connectivity index (χ0n) is 5.98. The normalized spacial score (nSPS) is 11.1. The number of nitrogens with zero attached hydrogens (tertiary/aromatic N) is 3. The van der Waals surface area contributed by atoms with E-state index in [2.05, 4.69) is 10.1 Å². The summed E-state index contributed by atoms with van der Waals surface area (Å²) in [5.74, 6) is 0. The molecule has 4 nitrogen and oxygen atoms in total. The summed E-state index contributed by atoms with van der Waals surface area (Å²) >= 11 is 1.47. The Morgan fingerprint density at radius 3 is 3.18 bits per heavy atom. The van der Waals surface area contributed by atoms with Gasteiger partial charge in [-0.3, -0.25) is 0 Å². The Labute approximate surface area is 67.1 Å². The second-order valence-corrected chi connectivity index (χ2v) is 3.29. The van der Waals surface area contributed by atoms with E-state index in [-0.39, 0.29) is 6.61 Å². The van der Waals surface area contributed by atoms with E-state index in [9.17, 15) is 0 Å². The predicted octanol–water partition coefficient (Wildman–Crippen LogP) is 0.592. The number of aliphatic hydroxyl groups excluding tert-OH is 1. The number of aliphatic hydroxyl groups is 1. The first-order valence-electron chi connectivity index (χ1n) is 3.22. The molecule has 0 bridgehead atoms. The maximum Gasteiger partial charge on any atom is 0.212 e. The van der Waals surface area contributed by atoms with Crippen LogP contribution >= 0.6 is 11.3 Å². The van der Waals surface area contributed by atoms with Gasteiger partial charge in [0.15, 0.2) is 0 Å². The fraction of sp³-hybridized carbons (Fsp3) is 0.333. The van der Waals surface area contributed by atoms with Crippen molar-refractivity contribution in [3.8, 4) is 0 Å². The minimum absolute atomic E-state index is 0.0710. The van der Waals surface area contributed by atoms with Crippen LogP contribution in [0, 0.1) is 6.92 Å². The molecule has 0 unspecified atom stereocenters. The Bertz CT molecular complexity index is 378.